The van der Waals surface area contributed by atoms with Crippen LogP contribution >= 0.6 is 12.2 Å². The van der Waals surface area contributed by atoms with Crippen molar-refractivity contribution in [2.75, 3.05) is 19.8 Å². The lowest BCUT2D eigenvalue weighted by atomic mass is 10.1. The minimum absolute atomic E-state index is 0.0836. The number of hydrogen-bond donors (Lipinski definition) is 2. The van der Waals surface area contributed by atoms with Crippen molar-refractivity contribution in [1.82, 2.24) is 9.55 Å². The van der Waals surface area contributed by atoms with Gasteiger partial charge in [0.2, 0.25) is 0 Å². The molecule has 1 aromatic carbocycles. The normalized spacial score (nSPS) is 13.2. The Morgan fingerprint density at radius 1 is 1.33 bits per heavy atom. The van der Waals surface area contributed by atoms with Gasteiger partial charge in [-0.2, -0.15) is 0 Å². The molecular weight excluding hydrogens is 292 g/mol. The minimum atomic E-state index is -0.293. The summed E-state index contributed by atoms with van der Waals surface area (Å²) >= 11 is 5.17. The molecule has 0 spiro atoms. The molecule has 2 heterocycles. The monoisotopic (exact) mass is 306 g/mol. The summed E-state index contributed by atoms with van der Waals surface area (Å²) < 4.78 is 13.2. The Balaban J connectivity index is 2.25. The standard InChI is InChI=1S/C14H14N2O4S/c17-5-4-16-10(8-12(18)15-14(16)21)9-2-1-3-11-13(9)20-7-6-19-11/h1-3,8,17H,4-7H2,(H,15,18,21). The lowest BCUT2D eigenvalue weighted by molar-refractivity contribution is 0.172. The number of ether oxygens (including phenoxy) is 2. The first-order chi connectivity index (χ1) is 10.2. The predicted octanol–water partition coefficient (Wildman–Crippen LogP) is 1.34. The summed E-state index contributed by atoms with van der Waals surface area (Å²) in [6, 6.07) is 6.93. The summed E-state index contributed by atoms with van der Waals surface area (Å²) in [5.41, 5.74) is 1.02. The fourth-order valence-corrected chi connectivity index (χ4v) is 2.63. The van der Waals surface area contributed by atoms with Crippen LogP contribution in [-0.4, -0.2) is 34.5 Å². The van der Waals surface area contributed by atoms with Gasteiger partial charge in [0, 0.05) is 18.2 Å². The van der Waals surface area contributed by atoms with E-state index in [-0.39, 0.29) is 23.5 Å². The molecule has 1 aliphatic heterocycles. The first-order valence-corrected chi connectivity index (χ1v) is 6.95. The van der Waals surface area contributed by atoms with E-state index in [0.717, 1.165) is 5.56 Å². The van der Waals surface area contributed by atoms with Gasteiger partial charge in [0.25, 0.3) is 5.56 Å². The van der Waals surface area contributed by atoms with Crippen molar-refractivity contribution in [1.29, 1.82) is 0 Å². The van der Waals surface area contributed by atoms with Crippen LogP contribution in [0.5, 0.6) is 11.5 Å². The molecule has 0 aliphatic carbocycles. The molecule has 110 valence electrons. The van der Waals surface area contributed by atoms with E-state index in [0.29, 0.717) is 30.4 Å². The van der Waals surface area contributed by atoms with Gasteiger partial charge in [-0.15, -0.1) is 0 Å². The third-order valence-electron chi connectivity index (χ3n) is 3.20. The highest BCUT2D eigenvalue weighted by atomic mass is 32.1. The van der Waals surface area contributed by atoms with Gasteiger partial charge in [-0.05, 0) is 24.4 Å². The number of fused-ring (bicyclic) bond motifs is 1. The van der Waals surface area contributed by atoms with E-state index in [2.05, 4.69) is 4.98 Å². The third-order valence-corrected chi connectivity index (χ3v) is 3.52. The van der Waals surface area contributed by atoms with Crippen molar-refractivity contribution in [3.05, 3.63) is 39.4 Å². The quantitative estimate of drug-likeness (QED) is 0.837. The molecule has 0 amide bonds. The second-order valence-corrected chi connectivity index (χ2v) is 4.92. The molecule has 0 saturated heterocycles. The van der Waals surface area contributed by atoms with Crippen LogP contribution in [0.15, 0.2) is 29.1 Å². The Kier molecular flexibility index (Phi) is 3.76. The van der Waals surface area contributed by atoms with Gasteiger partial charge in [0.05, 0.1) is 12.3 Å². The molecule has 0 bridgehead atoms. The van der Waals surface area contributed by atoms with E-state index in [1.165, 1.54) is 6.07 Å². The number of rotatable bonds is 3. The number of H-pyrrole nitrogens is 1. The average Bonchev–Trinajstić information content (AvgIpc) is 2.49. The summed E-state index contributed by atoms with van der Waals surface area (Å²) in [6.45, 7) is 1.15. The smallest absolute Gasteiger partial charge is 0.252 e. The highest BCUT2D eigenvalue weighted by Gasteiger charge is 2.19. The second kappa shape index (κ2) is 5.71. The number of aromatic amines is 1. The molecule has 21 heavy (non-hydrogen) atoms. The Bertz CT molecular complexity index is 781. The Labute approximate surface area is 125 Å². The van der Waals surface area contributed by atoms with Gasteiger partial charge in [0.1, 0.15) is 13.2 Å². The molecule has 7 heteroatoms. The van der Waals surface area contributed by atoms with Gasteiger partial charge in [-0.1, -0.05) is 6.07 Å². The highest BCUT2D eigenvalue weighted by Crippen LogP contribution is 2.39. The molecule has 0 unspecified atom stereocenters. The van der Waals surface area contributed by atoms with Crippen molar-refractivity contribution in [2.45, 2.75) is 6.54 Å². The maximum absolute atomic E-state index is 11.7. The maximum Gasteiger partial charge on any atom is 0.252 e. The van der Waals surface area contributed by atoms with E-state index < -0.39 is 0 Å². The highest BCUT2D eigenvalue weighted by molar-refractivity contribution is 7.71. The van der Waals surface area contributed by atoms with Crippen LogP contribution in [-0.2, 0) is 6.54 Å². The lowest BCUT2D eigenvalue weighted by Gasteiger charge is -2.22. The number of aliphatic hydroxyl groups excluding tert-OH is 1. The fraction of sp³-hybridized carbons (Fsp3) is 0.286. The van der Waals surface area contributed by atoms with Gasteiger partial charge >= 0.3 is 0 Å². The largest absolute Gasteiger partial charge is 0.486 e. The number of benzene rings is 1. The van der Waals surface area contributed by atoms with Crippen LogP contribution in [0.4, 0.5) is 0 Å². The topological polar surface area (TPSA) is 76.5 Å². The number of aliphatic hydroxyl groups is 1. The molecule has 0 atom stereocenters. The van der Waals surface area contributed by atoms with Crippen molar-refractivity contribution in [2.24, 2.45) is 0 Å². The zero-order valence-electron chi connectivity index (χ0n) is 11.2. The van der Waals surface area contributed by atoms with Crippen LogP contribution in [0.25, 0.3) is 11.3 Å². The summed E-state index contributed by atoms with van der Waals surface area (Å²) in [5, 5.41) is 9.21. The van der Waals surface area contributed by atoms with Crippen molar-refractivity contribution >= 4 is 12.2 Å². The van der Waals surface area contributed by atoms with E-state index in [4.69, 9.17) is 21.7 Å². The Morgan fingerprint density at radius 2 is 2.14 bits per heavy atom. The first-order valence-electron chi connectivity index (χ1n) is 6.54. The zero-order valence-corrected chi connectivity index (χ0v) is 12.0. The number of hydrogen-bond acceptors (Lipinski definition) is 5. The second-order valence-electron chi connectivity index (χ2n) is 4.53. The molecule has 1 aromatic heterocycles. The molecule has 0 radical (unpaired) electrons. The van der Waals surface area contributed by atoms with Gasteiger partial charge < -0.3 is 19.1 Å². The van der Waals surface area contributed by atoms with Crippen molar-refractivity contribution in [3.8, 4) is 22.8 Å². The van der Waals surface area contributed by atoms with Gasteiger partial charge in [-0.25, -0.2) is 0 Å². The molecule has 3 rings (SSSR count). The summed E-state index contributed by atoms with van der Waals surface area (Å²) in [4.78, 5) is 14.3. The summed E-state index contributed by atoms with van der Waals surface area (Å²) in [7, 11) is 0. The van der Waals surface area contributed by atoms with Crippen molar-refractivity contribution < 1.29 is 14.6 Å². The maximum atomic E-state index is 11.7. The fourth-order valence-electron chi connectivity index (χ4n) is 2.34. The number of nitrogens with one attached hydrogen (secondary N) is 1. The van der Waals surface area contributed by atoms with Crippen LogP contribution in [0.1, 0.15) is 0 Å². The van der Waals surface area contributed by atoms with Crippen LogP contribution < -0.4 is 15.0 Å². The molecule has 1 aliphatic rings. The lowest BCUT2D eigenvalue weighted by Crippen LogP contribution is -2.19. The van der Waals surface area contributed by atoms with E-state index >= 15 is 0 Å². The molecular formula is C14H14N2O4S. The zero-order chi connectivity index (χ0) is 14.8. The third kappa shape index (κ3) is 2.57. The van der Waals surface area contributed by atoms with E-state index in [9.17, 15) is 9.90 Å². The van der Waals surface area contributed by atoms with E-state index in [1.807, 2.05) is 18.2 Å². The predicted molar refractivity (Wildman–Crippen MR) is 79.4 cm³/mol. The van der Waals surface area contributed by atoms with Crippen molar-refractivity contribution in [3.63, 3.8) is 0 Å². The van der Waals surface area contributed by atoms with Crippen LogP contribution in [0, 0.1) is 4.77 Å². The van der Waals surface area contributed by atoms with Gasteiger partial charge in [0.15, 0.2) is 16.3 Å². The molecule has 2 N–H and O–H groups in total. The Hall–Kier alpha value is -2.12. The molecule has 2 aromatic rings. The molecule has 0 fully saturated rings. The number of nitrogens with zero attached hydrogens (tertiary/aromatic N) is 1. The minimum Gasteiger partial charge on any atom is -0.486 e. The average molecular weight is 306 g/mol. The summed E-state index contributed by atoms with van der Waals surface area (Å²) in [6.07, 6.45) is 0. The van der Waals surface area contributed by atoms with Crippen LogP contribution in [0.2, 0.25) is 0 Å². The molecule has 0 saturated carbocycles. The Morgan fingerprint density at radius 3 is 2.95 bits per heavy atom. The number of para-hydroxylation sites is 1. The van der Waals surface area contributed by atoms with Crippen LogP contribution in [0.3, 0.4) is 0 Å². The summed E-state index contributed by atoms with van der Waals surface area (Å²) in [5.74, 6) is 1.23. The number of aromatic nitrogens is 2. The SMILES string of the molecule is O=c1cc(-c2cccc3c2OCCO3)n(CCO)c(=S)[nH]1. The first kappa shape index (κ1) is 13.8. The van der Waals surface area contributed by atoms with E-state index in [1.54, 1.807) is 4.57 Å². The molecule has 6 nitrogen and oxygen atoms in total. The van der Waals surface area contributed by atoms with Gasteiger partial charge in [-0.3, -0.25) is 9.78 Å².